The third-order valence-electron chi connectivity index (χ3n) is 4.41. The van der Waals surface area contributed by atoms with Crippen molar-refractivity contribution in [3.8, 4) is 0 Å². The van der Waals surface area contributed by atoms with E-state index in [4.69, 9.17) is 0 Å². The van der Waals surface area contributed by atoms with E-state index in [1.807, 2.05) is 4.90 Å². The molecule has 0 aliphatic carbocycles. The summed E-state index contributed by atoms with van der Waals surface area (Å²) in [5.74, 6) is -0.0366. The Morgan fingerprint density at radius 3 is 2.68 bits per heavy atom. The lowest BCUT2D eigenvalue weighted by molar-refractivity contribution is -0.138. The number of nitrogens with zero attached hydrogens (tertiary/aromatic N) is 3. The van der Waals surface area contributed by atoms with Crippen LogP contribution in [-0.2, 0) is 4.79 Å². The summed E-state index contributed by atoms with van der Waals surface area (Å²) < 4.78 is 27.6. The zero-order chi connectivity index (χ0) is 16.4. The molecule has 0 spiro atoms. The maximum Gasteiger partial charge on any atom is 0.283 e. The zero-order valence-corrected chi connectivity index (χ0v) is 14.7. The van der Waals surface area contributed by atoms with Crippen molar-refractivity contribution in [1.82, 2.24) is 14.7 Å². The SMILES string of the molecule is CC[C@@H]1CCCCN1C(=O)[C@H](C)n1nc(C(F)F)c(Br)c1C. The number of aromatic nitrogens is 2. The van der Waals surface area contributed by atoms with Crippen LogP contribution >= 0.6 is 15.9 Å². The van der Waals surface area contributed by atoms with E-state index in [0.29, 0.717) is 5.69 Å². The first-order valence-electron chi connectivity index (χ1n) is 7.71. The fourth-order valence-electron chi connectivity index (χ4n) is 3.10. The van der Waals surface area contributed by atoms with Gasteiger partial charge in [-0.05, 0) is 55.5 Å². The lowest BCUT2D eigenvalue weighted by Crippen LogP contribution is -2.46. The maximum atomic E-state index is 13.0. The van der Waals surface area contributed by atoms with Gasteiger partial charge in [-0.25, -0.2) is 8.78 Å². The van der Waals surface area contributed by atoms with E-state index in [2.05, 4.69) is 28.0 Å². The van der Waals surface area contributed by atoms with Gasteiger partial charge in [0.1, 0.15) is 11.7 Å². The van der Waals surface area contributed by atoms with E-state index < -0.39 is 12.5 Å². The first-order valence-corrected chi connectivity index (χ1v) is 8.50. The summed E-state index contributed by atoms with van der Waals surface area (Å²) in [5.41, 5.74) is 0.254. The highest BCUT2D eigenvalue weighted by Gasteiger charge is 2.32. The summed E-state index contributed by atoms with van der Waals surface area (Å²) in [7, 11) is 0. The van der Waals surface area contributed by atoms with Gasteiger partial charge in [0.05, 0.1) is 10.2 Å². The Balaban J connectivity index is 2.25. The van der Waals surface area contributed by atoms with Crippen molar-refractivity contribution in [3.05, 3.63) is 15.9 Å². The third kappa shape index (κ3) is 3.19. The minimum absolute atomic E-state index is 0.0366. The molecular formula is C15H22BrF2N3O. The second-order valence-corrected chi connectivity index (χ2v) is 6.59. The number of halogens is 3. The van der Waals surface area contributed by atoms with E-state index in [-0.39, 0.29) is 22.1 Å². The smallest absolute Gasteiger partial charge is 0.283 e. The predicted octanol–water partition coefficient (Wildman–Crippen LogP) is 4.24. The number of alkyl halides is 2. The molecule has 1 aromatic heterocycles. The molecule has 0 bridgehead atoms. The van der Waals surface area contributed by atoms with Crippen molar-refractivity contribution >= 4 is 21.8 Å². The van der Waals surface area contributed by atoms with E-state index in [0.717, 1.165) is 32.2 Å². The number of carbonyl (C=O) groups is 1. The standard InChI is InChI=1S/C15H22BrF2N3O/c1-4-11-7-5-6-8-20(11)15(22)10(3)21-9(2)12(16)13(19-21)14(17)18/h10-11,14H,4-8H2,1-3H3/t10-,11+/m0/s1. The van der Waals surface area contributed by atoms with Gasteiger partial charge in [-0.15, -0.1) is 0 Å². The van der Waals surface area contributed by atoms with Crippen LogP contribution in [0, 0.1) is 6.92 Å². The minimum atomic E-state index is -2.66. The summed E-state index contributed by atoms with van der Waals surface area (Å²) in [6, 6.07) is -0.325. The normalized spacial score (nSPS) is 20.5. The molecule has 0 unspecified atom stereocenters. The molecule has 0 N–H and O–H groups in total. The Morgan fingerprint density at radius 2 is 2.14 bits per heavy atom. The largest absolute Gasteiger partial charge is 0.338 e. The van der Waals surface area contributed by atoms with E-state index in [1.165, 1.54) is 4.68 Å². The third-order valence-corrected chi connectivity index (χ3v) is 5.39. The van der Waals surface area contributed by atoms with Crippen LogP contribution in [0.3, 0.4) is 0 Å². The van der Waals surface area contributed by atoms with Gasteiger partial charge in [0.2, 0.25) is 5.91 Å². The van der Waals surface area contributed by atoms with Gasteiger partial charge in [0, 0.05) is 12.6 Å². The van der Waals surface area contributed by atoms with Crippen LogP contribution in [0.25, 0.3) is 0 Å². The Kier molecular flexibility index (Phi) is 5.58. The fraction of sp³-hybridized carbons (Fsp3) is 0.733. The van der Waals surface area contributed by atoms with Crippen molar-refractivity contribution in [2.75, 3.05) is 6.54 Å². The first kappa shape index (κ1) is 17.4. The van der Waals surface area contributed by atoms with Gasteiger partial charge in [0.25, 0.3) is 6.43 Å². The molecule has 22 heavy (non-hydrogen) atoms. The molecule has 2 atom stereocenters. The lowest BCUT2D eigenvalue weighted by atomic mass is 9.99. The molecule has 4 nitrogen and oxygen atoms in total. The average molecular weight is 378 g/mol. The molecular weight excluding hydrogens is 356 g/mol. The van der Waals surface area contributed by atoms with Crippen molar-refractivity contribution in [2.45, 2.75) is 65.0 Å². The zero-order valence-electron chi connectivity index (χ0n) is 13.2. The number of rotatable bonds is 4. The molecule has 0 radical (unpaired) electrons. The van der Waals surface area contributed by atoms with Crippen LogP contribution in [-0.4, -0.2) is 33.2 Å². The molecule has 1 amide bonds. The Labute approximate surface area is 138 Å². The Morgan fingerprint density at radius 1 is 1.45 bits per heavy atom. The quantitative estimate of drug-likeness (QED) is 0.786. The van der Waals surface area contributed by atoms with Crippen LogP contribution < -0.4 is 0 Å². The van der Waals surface area contributed by atoms with Crippen LogP contribution in [0.15, 0.2) is 4.47 Å². The monoisotopic (exact) mass is 377 g/mol. The molecule has 1 aliphatic rings. The summed E-state index contributed by atoms with van der Waals surface area (Å²) in [5, 5.41) is 3.95. The minimum Gasteiger partial charge on any atom is -0.338 e. The van der Waals surface area contributed by atoms with Crippen LogP contribution in [0.1, 0.15) is 63.4 Å². The van der Waals surface area contributed by atoms with E-state index >= 15 is 0 Å². The molecule has 124 valence electrons. The Hall–Kier alpha value is -0.980. The van der Waals surface area contributed by atoms with Gasteiger partial charge in [0.15, 0.2) is 0 Å². The van der Waals surface area contributed by atoms with Crippen LogP contribution in [0.2, 0.25) is 0 Å². The fourth-order valence-corrected chi connectivity index (χ4v) is 3.53. The number of hydrogen-bond acceptors (Lipinski definition) is 2. The predicted molar refractivity (Wildman–Crippen MR) is 84.0 cm³/mol. The number of piperidine rings is 1. The second-order valence-electron chi connectivity index (χ2n) is 5.80. The first-order chi connectivity index (χ1) is 10.4. The second kappa shape index (κ2) is 7.06. The van der Waals surface area contributed by atoms with Gasteiger partial charge < -0.3 is 4.90 Å². The number of hydrogen-bond donors (Lipinski definition) is 0. The maximum absolute atomic E-state index is 13.0. The molecule has 2 heterocycles. The summed E-state index contributed by atoms with van der Waals surface area (Å²) in [6.45, 7) is 6.24. The number of carbonyl (C=O) groups excluding carboxylic acids is 1. The molecule has 1 aliphatic heterocycles. The topological polar surface area (TPSA) is 38.1 Å². The van der Waals surface area contributed by atoms with Crippen molar-refractivity contribution < 1.29 is 13.6 Å². The van der Waals surface area contributed by atoms with E-state index in [9.17, 15) is 13.6 Å². The molecule has 1 saturated heterocycles. The summed E-state index contributed by atoms with van der Waals surface area (Å²) >= 11 is 3.15. The van der Waals surface area contributed by atoms with Gasteiger partial charge >= 0.3 is 0 Å². The molecule has 0 saturated carbocycles. The van der Waals surface area contributed by atoms with Crippen LogP contribution in [0.4, 0.5) is 8.78 Å². The summed E-state index contributed by atoms with van der Waals surface area (Å²) in [4.78, 5) is 14.7. The molecule has 1 fully saturated rings. The molecule has 2 rings (SSSR count). The average Bonchev–Trinajstić information content (AvgIpc) is 2.82. The van der Waals surface area contributed by atoms with Crippen LogP contribution in [0.5, 0.6) is 0 Å². The van der Waals surface area contributed by atoms with Gasteiger partial charge in [-0.1, -0.05) is 6.92 Å². The van der Waals surface area contributed by atoms with Crippen molar-refractivity contribution in [3.63, 3.8) is 0 Å². The van der Waals surface area contributed by atoms with Crippen molar-refractivity contribution in [1.29, 1.82) is 0 Å². The van der Waals surface area contributed by atoms with E-state index in [1.54, 1.807) is 13.8 Å². The molecule has 0 aromatic carbocycles. The van der Waals surface area contributed by atoms with Gasteiger partial charge in [-0.2, -0.15) is 5.10 Å². The lowest BCUT2D eigenvalue weighted by Gasteiger charge is -2.37. The van der Waals surface area contributed by atoms with Crippen molar-refractivity contribution in [2.24, 2.45) is 0 Å². The van der Waals surface area contributed by atoms with Gasteiger partial charge in [-0.3, -0.25) is 9.48 Å². The summed E-state index contributed by atoms with van der Waals surface area (Å²) in [6.07, 6.45) is 1.41. The number of amides is 1. The Bertz CT molecular complexity index is 547. The molecule has 1 aromatic rings. The number of likely N-dealkylation sites (tertiary alicyclic amines) is 1. The molecule has 7 heteroatoms. The highest BCUT2D eigenvalue weighted by atomic mass is 79.9. The highest BCUT2D eigenvalue weighted by Crippen LogP contribution is 2.31. The highest BCUT2D eigenvalue weighted by molar-refractivity contribution is 9.10.